The van der Waals surface area contributed by atoms with E-state index in [1.54, 1.807) is 4.31 Å². The summed E-state index contributed by atoms with van der Waals surface area (Å²) in [5, 5.41) is 3.49. The Bertz CT molecular complexity index is 552. The van der Waals surface area contributed by atoms with Crippen LogP contribution in [0.3, 0.4) is 0 Å². The molecule has 1 fully saturated rings. The van der Waals surface area contributed by atoms with E-state index in [2.05, 4.69) is 30.4 Å². The number of ether oxygens (including phenoxy) is 1. The van der Waals surface area contributed by atoms with E-state index in [9.17, 15) is 8.42 Å². The molecule has 6 heteroatoms. The highest BCUT2D eigenvalue weighted by Gasteiger charge is 2.27. The molecule has 21 heavy (non-hydrogen) atoms. The Kier molecular flexibility index (Phi) is 5.61. The SMILES string of the molecule is COCCS(=O)(=O)N1CCC(Nc2cccc(C)c2)CC1. The van der Waals surface area contributed by atoms with Gasteiger partial charge in [0.25, 0.3) is 0 Å². The average Bonchev–Trinajstić information content (AvgIpc) is 2.46. The van der Waals surface area contributed by atoms with Gasteiger partial charge in [0.15, 0.2) is 0 Å². The van der Waals surface area contributed by atoms with Crippen LogP contribution in [0.4, 0.5) is 5.69 Å². The average molecular weight is 312 g/mol. The summed E-state index contributed by atoms with van der Waals surface area (Å²) in [4.78, 5) is 0. The molecule has 5 nitrogen and oxygen atoms in total. The van der Waals surface area contributed by atoms with E-state index in [1.807, 2.05) is 6.07 Å². The van der Waals surface area contributed by atoms with Crippen LogP contribution in [-0.4, -0.2) is 51.3 Å². The predicted octanol–water partition coefficient (Wildman–Crippen LogP) is 1.85. The number of methoxy groups -OCH3 is 1. The first-order valence-electron chi connectivity index (χ1n) is 7.31. The van der Waals surface area contributed by atoms with Crippen LogP contribution in [-0.2, 0) is 14.8 Å². The lowest BCUT2D eigenvalue weighted by molar-refractivity contribution is 0.214. The zero-order valence-electron chi connectivity index (χ0n) is 12.7. The number of aryl methyl sites for hydroxylation is 1. The molecule has 0 amide bonds. The Balaban J connectivity index is 1.86. The van der Waals surface area contributed by atoms with Crippen LogP contribution in [0.5, 0.6) is 0 Å². The second-order valence-corrected chi connectivity index (χ2v) is 7.58. The van der Waals surface area contributed by atoms with Gasteiger partial charge in [-0.2, -0.15) is 0 Å². The summed E-state index contributed by atoms with van der Waals surface area (Å²) in [7, 11) is -1.65. The first-order chi connectivity index (χ1) is 10.0. The van der Waals surface area contributed by atoms with Crippen LogP contribution in [0.1, 0.15) is 18.4 Å². The fourth-order valence-electron chi connectivity index (χ4n) is 2.57. The van der Waals surface area contributed by atoms with Crippen LogP contribution in [0.25, 0.3) is 0 Å². The molecule has 0 aromatic heterocycles. The Hall–Kier alpha value is -1.11. The van der Waals surface area contributed by atoms with Crippen molar-refractivity contribution in [1.29, 1.82) is 0 Å². The molecule has 0 saturated carbocycles. The van der Waals surface area contributed by atoms with Crippen molar-refractivity contribution < 1.29 is 13.2 Å². The Labute approximate surface area is 127 Å². The zero-order chi connectivity index (χ0) is 15.3. The predicted molar refractivity (Wildman–Crippen MR) is 85.1 cm³/mol. The monoisotopic (exact) mass is 312 g/mol. The van der Waals surface area contributed by atoms with E-state index in [1.165, 1.54) is 12.7 Å². The van der Waals surface area contributed by atoms with Crippen LogP contribution in [0.15, 0.2) is 24.3 Å². The normalized spacial score (nSPS) is 17.8. The number of sulfonamides is 1. The maximum Gasteiger partial charge on any atom is 0.216 e. The van der Waals surface area contributed by atoms with E-state index in [4.69, 9.17) is 4.74 Å². The van der Waals surface area contributed by atoms with E-state index in [0.717, 1.165) is 18.5 Å². The molecule has 1 aliphatic rings. The molecule has 0 radical (unpaired) electrons. The smallest absolute Gasteiger partial charge is 0.216 e. The minimum atomic E-state index is -3.17. The molecular formula is C15H24N2O3S. The van der Waals surface area contributed by atoms with E-state index >= 15 is 0 Å². The first-order valence-corrected chi connectivity index (χ1v) is 8.92. The molecule has 1 heterocycles. The van der Waals surface area contributed by atoms with Crippen molar-refractivity contribution in [1.82, 2.24) is 4.31 Å². The number of hydrogen-bond acceptors (Lipinski definition) is 4. The Morgan fingerprint density at radius 3 is 2.67 bits per heavy atom. The maximum atomic E-state index is 12.1. The molecule has 0 bridgehead atoms. The molecule has 0 atom stereocenters. The lowest BCUT2D eigenvalue weighted by atomic mass is 10.1. The van der Waals surface area contributed by atoms with Gasteiger partial charge in [0, 0.05) is 31.9 Å². The van der Waals surface area contributed by atoms with Crippen molar-refractivity contribution in [2.24, 2.45) is 0 Å². The van der Waals surface area contributed by atoms with Gasteiger partial charge in [-0.25, -0.2) is 12.7 Å². The quantitative estimate of drug-likeness (QED) is 0.871. The molecular weight excluding hydrogens is 288 g/mol. The number of hydrogen-bond donors (Lipinski definition) is 1. The molecule has 1 aromatic rings. The third-order valence-electron chi connectivity index (χ3n) is 3.78. The summed E-state index contributed by atoms with van der Waals surface area (Å²) in [6, 6.07) is 8.59. The third kappa shape index (κ3) is 4.69. The Morgan fingerprint density at radius 1 is 1.33 bits per heavy atom. The molecule has 0 aliphatic carbocycles. The highest BCUT2D eigenvalue weighted by molar-refractivity contribution is 7.89. The van der Waals surface area contributed by atoms with Gasteiger partial charge < -0.3 is 10.1 Å². The van der Waals surface area contributed by atoms with Crippen molar-refractivity contribution in [3.63, 3.8) is 0 Å². The summed E-state index contributed by atoms with van der Waals surface area (Å²) in [5.41, 5.74) is 2.33. The molecule has 0 spiro atoms. The molecule has 1 N–H and O–H groups in total. The van der Waals surface area contributed by atoms with Gasteiger partial charge in [-0.15, -0.1) is 0 Å². The minimum Gasteiger partial charge on any atom is -0.384 e. The number of nitrogens with zero attached hydrogens (tertiary/aromatic N) is 1. The highest BCUT2D eigenvalue weighted by Crippen LogP contribution is 2.19. The van der Waals surface area contributed by atoms with Crippen molar-refractivity contribution in [2.45, 2.75) is 25.8 Å². The van der Waals surface area contributed by atoms with Gasteiger partial charge in [0.2, 0.25) is 10.0 Å². The summed E-state index contributed by atoms with van der Waals surface area (Å²) < 4.78 is 30.6. The van der Waals surface area contributed by atoms with Crippen molar-refractivity contribution in [3.8, 4) is 0 Å². The standard InChI is InChI=1S/C15H24N2O3S/c1-13-4-3-5-15(12-13)16-14-6-8-17(9-7-14)21(18,19)11-10-20-2/h3-5,12,14,16H,6-11H2,1-2H3. The van der Waals surface area contributed by atoms with Crippen LogP contribution in [0, 0.1) is 6.92 Å². The number of nitrogens with one attached hydrogen (secondary N) is 1. The Morgan fingerprint density at radius 2 is 2.05 bits per heavy atom. The molecule has 118 valence electrons. The first kappa shape index (κ1) is 16.3. The van der Waals surface area contributed by atoms with Crippen LogP contribution < -0.4 is 5.32 Å². The van der Waals surface area contributed by atoms with Crippen molar-refractivity contribution in [3.05, 3.63) is 29.8 Å². The van der Waals surface area contributed by atoms with Gasteiger partial charge in [-0.05, 0) is 37.5 Å². The lowest BCUT2D eigenvalue weighted by Gasteiger charge is -2.32. The summed E-state index contributed by atoms with van der Waals surface area (Å²) >= 11 is 0. The fourth-order valence-corrected chi connectivity index (χ4v) is 3.97. The van der Waals surface area contributed by atoms with E-state index < -0.39 is 10.0 Å². The highest BCUT2D eigenvalue weighted by atomic mass is 32.2. The third-order valence-corrected chi connectivity index (χ3v) is 5.62. The molecule has 1 saturated heterocycles. The maximum absolute atomic E-state index is 12.1. The lowest BCUT2D eigenvalue weighted by Crippen LogP contribution is -2.43. The zero-order valence-corrected chi connectivity index (χ0v) is 13.5. The van der Waals surface area contributed by atoms with Gasteiger partial charge in [-0.1, -0.05) is 12.1 Å². The van der Waals surface area contributed by atoms with Crippen LogP contribution >= 0.6 is 0 Å². The molecule has 1 aliphatic heterocycles. The van der Waals surface area contributed by atoms with Gasteiger partial charge >= 0.3 is 0 Å². The number of anilines is 1. The summed E-state index contributed by atoms with van der Waals surface area (Å²) in [5.74, 6) is 0.0689. The molecule has 2 rings (SSSR count). The number of benzene rings is 1. The second-order valence-electron chi connectivity index (χ2n) is 5.50. The minimum absolute atomic E-state index is 0.0689. The van der Waals surface area contributed by atoms with E-state index in [0.29, 0.717) is 19.1 Å². The fraction of sp³-hybridized carbons (Fsp3) is 0.600. The van der Waals surface area contributed by atoms with Crippen molar-refractivity contribution in [2.75, 3.05) is 37.9 Å². The van der Waals surface area contributed by atoms with E-state index in [-0.39, 0.29) is 12.4 Å². The molecule has 0 unspecified atom stereocenters. The van der Waals surface area contributed by atoms with Crippen molar-refractivity contribution >= 4 is 15.7 Å². The van der Waals surface area contributed by atoms with Gasteiger partial charge in [0.05, 0.1) is 12.4 Å². The number of piperidine rings is 1. The largest absolute Gasteiger partial charge is 0.384 e. The number of rotatable bonds is 6. The molecule has 1 aromatic carbocycles. The summed E-state index contributed by atoms with van der Waals surface area (Å²) in [6.45, 7) is 3.48. The second kappa shape index (κ2) is 7.24. The van der Waals surface area contributed by atoms with Gasteiger partial charge in [0.1, 0.15) is 0 Å². The van der Waals surface area contributed by atoms with Gasteiger partial charge in [-0.3, -0.25) is 0 Å². The topological polar surface area (TPSA) is 58.6 Å². The summed E-state index contributed by atoms with van der Waals surface area (Å²) in [6.07, 6.45) is 1.67. The van der Waals surface area contributed by atoms with Crippen LogP contribution in [0.2, 0.25) is 0 Å².